The molecule has 0 spiro atoms. The van der Waals surface area contributed by atoms with Gasteiger partial charge >= 0.3 is 0 Å². The number of thioether (sulfide) groups is 1. The van der Waals surface area contributed by atoms with E-state index in [1.807, 2.05) is 51.1 Å². The molecule has 5 nitrogen and oxygen atoms in total. The van der Waals surface area contributed by atoms with Crippen molar-refractivity contribution in [1.29, 1.82) is 0 Å². The SMILES string of the molecule is CCOc1cc(C=NN=C(N)SCc2ccccc2)cc(I)c1OC(C)C. The van der Waals surface area contributed by atoms with E-state index in [1.165, 1.54) is 17.3 Å². The summed E-state index contributed by atoms with van der Waals surface area (Å²) in [4.78, 5) is 0. The van der Waals surface area contributed by atoms with E-state index in [2.05, 4.69) is 44.9 Å². The molecule has 0 amide bonds. The predicted octanol–water partition coefficient (Wildman–Crippen LogP) is 5.06. The van der Waals surface area contributed by atoms with Gasteiger partial charge in [-0.25, -0.2) is 0 Å². The zero-order chi connectivity index (χ0) is 19.6. The zero-order valence-corrected chi connectivity index (χ0v) is 18.7. The Kier molecular flexibility index (Phi) is 8.93. The lowest BCUT2D eigenvalue weighted by molar-refractivity contribution is 0.222. The van der Waals surface area contributed by atoms with Gasteiger partial charge in [-0.15, -0.1) is 5.10 Å². The average Bonchev–Trinajstić information content (AvgIpc) is 2.64. The van der Waals surface area contributed by atoms with Crippen LogP contribution in [-0.4, -0.2) is 24.1 Å². The molecule has 0 fully saturated rings. The number of nitrogens with zero attached hydrogens (tertiary/aromatic N) is 2. The van der Waals surface area contributed by atoms with Crippen molar-refractivity contribution < 1.29 is 9.47 Å². The standard InChI is InChI=1S/C20H24IN3O2S/c1-4-25-18-11-16(10-17(21)19(18)26-14(2)3)12-23-24-20(22)27-13-15-8-6-5-7-9-15/h5-12,14H,4,13H2,1-3H3,(H2,22,24). The highest BCUT2D eigenvalue weighted by molar-refractivity contribution is 14.1. The van der Waals surface area contributed by atoms with E-state index in [-0.39, 0.29) is 6.10 Å². The van der Waals surface area contributed by atoms with Crippen molar-refractivity contribution in [2.45, 2.75) is 32.6 Å². The van der Waals surface area contributed by atoms with Gasteiger partial charge in [-0.05, 0) is 66.6 Å². The summed E-state index contributed by atoms with van der Waals surface area (Å²) in [7, 11) is 0. The van der Waals surface area contributed by atoms with Crippen LogP contribution in [0.3, 0.4) is 0 Å². The van der Waals surface area contributed by atoms with Crippen molar-refractivity contribution in [3.63, 3.8) is 0 Å². The van der Waals surface area contributed by atoms with E-state index < -0.39 is 0 Å². The van der Waals surface area contributed by atoms with Gasteiger partial charge in [0.15, 0.2) is 16.7 Å². The molecule has 7 heteroatoms. The van der Waals surface area contributed by atoms with E-state index in [0.29, 0.717) is 17.5 Å². The maximum atomic E-state index is 5.93. The van der Waals surface area contributed by atoms with Gasteiger partial charge in [-0.2, -0.15) is 5.10 Å². The maximum Gasteiger partial charge on any atom is 0.180 e. The molecule has 0 aliphatic carbocycles. The molecule has 0 aromatic heterocycles. The fourth-order valence-corrected chi connectivity index (χ4v) is 3.55. The van der Waals surface area contributed by atoms with E-state index in [9.17, 15) is 0 Å². The highest BCUT2D eigenvalue weighted by Gasteiger charge is 2.13. The van der Waals surface area contributed by atoms with Crippen LogP contribution in [0.25, 0.3) is 0 Å². The number of hydrogen-bond donors (Lipinski definition) is 1. The lowest BCUT2D eigenvalue weighted by Gasteiger charge is -2.16. The molecule has 0 aliphatic heterocycles. The molecule has 0 heterocycles. The molecular weight excluding hydrogens is 473 g/mol. The second-order valence-electron chi connectivity index (χ2n) is 5.89. The monoisotopic (exact) mass is 497 g/mol. The fourth-order valence-electron chi connectivity index (χ4n) is 2.19. The smallest absolute Gasteiger partial charge is 0.180 e. The largest absolute Gasteiger partial charge is 0.490 e. The lowest BCUT2D eigenvalue weighted by atomic mass is 10.2. The third-order valence-electron chi connectivity index (χ3n) is 3.28. The van der Waals surface area contributed by atoms with Gasteiger partial charge in [0.2, 0.25) is 0 Å². The molecule has 2 N–H and O–H groups in total. The van der Waals surface area contributed by atoms with E-state index in [0.717, 1.165) is 20.6 Å². The van der Waals surface area contributed by atoms with Crippen LogP contribution in [0.1, 0.15) is 31.9 Å². The molecule has 0 saturated heterocycles. The summed E-state index contributed by atoms with van der Waals surface area (Å²) in [5.41, 5.74) is 8.00. The Balaban J connectivity index is 2.06. The molecule has 27 heavy (non-hydrogen) atoms. The fraction of sp³-hybridized carbons (Fsp3) is 0.300. The van der Waals surface area contributed by atoms with Crippen LogP contribution in [-0.2, 0) is 5.75 Å². The summed E-state index contributed by atoms with van der Waals surface area (Å²) in [5.74, 6) is 2.22. The van der Waals surface area contributed by atoms with Gasteiger partial charge in [0.05, 0.1) is 22.5 Å². The summed E-state index contributed by atoms with van der Waals surface area (Å²) >= 11 is 3.69. The highest BCUT2D eigenvalue weighted by atomic mass is 127. The first kappa shape index (κ1) is 21.6. The first-order valence-corrected chi connectivity index (χ1v) is 10.7. The number of amidine groups is 1. The molecule has 0 saturated carbocycles. The third kappa shape index (κ3) is 7.42. The molecule has 0 bridgehead atoms. The number of rotatable bonds is 8. The van der Waals surface area contributed by atoms with E-state index in [4.69, 9.17) is 15.2 Å². The molecule has 2 aromatic rings. The van der Waals surface area contributed by atoms with E-state index in [1.54, 1.807) is 6.21 Å². The topological polar surface area (TPSA) is 69.2 Å². The van der Waals surface area contributed by atoms with Crippen molar-refractivity contribution in [2.24, 2.45) is 15.9 Å². The second-order valence-corrected chi connectivity index (χ2v) is 8.04. The summed E-state index contributed by atoms with van der Waals surface area (Å²) in [5, 5.41) is 8.59. The van der Waals surface area contributed by atoms with Crippen molar-refractivity contribution >= 4 is 45.7 Å². The van der Waals surface area contributed by atoms with Gasteiger partial charge < -0.3 is 15.2 Å². The Morgan fingerprint density at radius 3 is 2.67 bits per heavy atom. The zero-order valence-electron chi connectivity index (χ0n) is 15.7. The predicted molar refractivity (Wildman–Crippen MR) is 123 cm³/mol. The molecular formula is C20H24IN3O2S. The molecule has 0 atom stereocenters. The first-order chi connectivity index (χ1) is 13.0. The molecule has 0 aliphatic rings. The Morgan fingerprint density at radius 2 is 2.00 bits per heavy atom. The number of nitrogens with two attached hydrogens (primary N) is 1. The molecule has 0 radical (unpaired) electrons. The number of halogens is 1. The van der Waals surface area contributed by atoms with Crippen LogP contribution in [0, 0.1) is 3.57 Å². The van der Waals surface area contributed by atoms with Gasteiger partial charge in [-0.1, -0.05) is 42.1 Å². The van der Waals surface area contributed by atoms with Crippen LogP contribution in [0.5, 0.6) is 11.5 Å². The van der Waals surface area contributed by atoms with Crippen LogP contribution in [0.15, 0.2) is 52.7 Å². The summed E-state index contributed by atoms with van der Waals surface area (Å²) < 4.78 is 12.6. The first-order valence-electron chi connectivity index (χ1n) is 8.65. The van der Waals surface area contributed by atoms with Crippen molar-refractivity contribution in [2.75, 3.05) is 6.61 Å². The third-order valence-corrected chi connectivity index (χ3v) is 4.93. The van der Waals surface area contributed by atoms with E-state index >= 15 is 0 Å². The van der Waals surface area contributed by atoms with Crippen LogP contribution >= 0.6 is 34.4 Å². The Labute approximate surface area is 178 Å². The maximum absolute atomic E-state index is 5.93. The molecule has 144 valence electrons. The van der Waals surface area contributed by atoms with Crippen LogP contribution < -0.4 is 15.2 Å². The summed E-state index contributed by atoms with van der Waals surface area (Å²) in [6, 6.07) is 14.0. The lowest BCUT2D eigenvalue weighted by Crippen LogP contribution is -2.09. The van der Waals surface area contributed by atoms with Crippen molar-refractivity contribution in [3.05, 3.63) is 57.2 Å². The number of benzene rings is 2. The van der Waals surface area contributed by atoms with Crippen LogP contribution in [0.4, 0.5) is 0 Å². The van der Waals surface area contributed by atoms with Gasteiger partial charge in [0, 0.05) is 5.75 Å². The minimum atomic E-state index is 0.0725. The quantitative estimate of drug-likeness (QED) is 0.240. The number of ether oxygens (including phenoxy) is 2. The minimum Gasteiger partial charge on any atom is -0.490 e. The Hall–Kier alpha value is -1.74. The number of hydrogen-bond acceptors (Lipinski definition) is 5. The average molecular weight is 497 g/mol. The minimum absolute atomic E-state index is 0.0725. The Morgan fingerprint density at radius 1 is 1.26 bits per heavy atom. The van der Waals surface area contributed by atoms with Crippen LogP contribution in [0.2, 0.25) is 0 Å². The van der Waals surface area contributed by atoms with Gasteiger partial charge in [0.1, 0.15) is 0 Å². The molecule has 0 unspecified atom stereocenters. The molecule has 2 rings (SSSR count). The van der Waals surface area contributed by atoms with Gasteiger partial charge in [0.25, 0.3) is 0 Å². The highest BCUT2D eigenvalue weighted by Crippen LogP contribution is 2.34. The van der Waals surface area contributed by atoms with Gasteiger partial charge in [-0.3, -0.25) is 0 Å². The Bertz CT molecular complexity index is 795. The van der Waals surface area contributed by atoms with Crippen molar-refractivity contribution in [1.82, 2.24) is 0 Å². The normalized spacial score (nSPS) is 12.0. The summed E-state index contributed by atoms with van der Waals surface area (Å²) in [6.07, 6.45) is 1.74. The molecule has 2 aromatic carbocycles. The second kappa shape index (κ2) is 11.2. The van der Waals surface area contributed by atoms with Crippen molar-refractivity contribution in [3.8, 4) is 11.5 Å². The summed E-state index contributed by atoms with van der Waals surface area (Å²) in [6.45, 7) is 6.49.